The lowest BCUT2D eigenvalue weighted by atomic mass is 10.4. The van der Waals surface area contributed by atoms with Gasteiger partial charge in [-0.1, -0.05) is 11.6 Å². The maximum Gasteiger partial charge on any atom is 0.144 e. The third-order valence-corrected chi connectivity index (χ3v) is 1.59. The van der Waals surface area contributed by atoms with Gasteiger partial charge in [0.1, 0.15) is 5.82 Å². The van der Waals surface area contributed by atoms with Gasteiger partial charge in [0.25, 0.3) is 0 Å². The number of nitrogens with zero attached hydrogens (tertiary/aromatic N) is 2. The minimum Gasteiger partial charge on any atom is -0.368 e. The highest BCUT2D eigenvalue weighted by Gasteiger charge is 1.97. The zero-order chi connectivity index (χ0) is 8.81. The Morgan fingerprint density at radius 2 is 2.50 bits per heavy atom. The molecule has 1 aromatic rings. The van der Waals surface area contributed by atoms with E-state index in [-0.39, 0.29) is 0 Å². The highest BCUT2D eigenvalue weighted by molar-refractivity contribution is 6.32. The van der Waals surface area contributed by atoms with E-state index >= 15 is 0 Å². The Labute approximate surface area is 76.0 Å². The first-order chi connectivity index (χ1) is 5.84. The van der Waals surface area contributed by atoms with E-state index in [0.717, 1.165) is 0 Å². The van der Waals surface area contributed by atoms with Crippen LogP contribution in [0, 0.1) is 11.3 Å². The van der Waals surface area contributed by atoms with E-state index in [1.54, 1.807) is 18.3 Å². The molecule has 0 bridgehead atoms. The van der Waals surface area contributed by atoms with Crippen LogP contribution in [-0.4, -0.2) is 11.5 Å². The van der Waals surface area contributed by atoms with Crippen LogP contribution in [0.1, 0.15) is 6.42 Å². The van der Waals surface area contributed by atoms with Gasteiger partial charge in [0.2, 0.25) is 0 Å². The molecule has 0 fully saturated rings. The van der Waals surface area contributed by atoms with Crippen molar-refractivity contribution in [3.63, 3.8) is 0 Å². The smallest absolute Gasteiger partial charge is 0.144 e. The molecular weight excluding hydrogens is 174 g/mol. The van der Waals surface area contributed by atoms with Gasteiger partial charge in [-0.15, -0.1) is 0 Å². The largest absolute Gasteiger partial charge is 0.368 e. The summed E-state index contributed by atoms with van der Waals surface area (Å²) in [5.74, 6) is 0.634. The number of nitrogens with one attached hydrogen (secondary N) is 1. The third-order valence-electron chi connectivity index (χ3n) is 1.29. The summed E-state index contributed by atoms with van der Waals surface area (Å²) in [5, 5.41) is 11.8. The van der Waals surface area contributed by atoms with E-state index in [2.05, 4.69) is 10.3 Å². The Hall–Kier alpha value is -1.27. The lowest BCUT2D eigenvalue weighted by molar-refractivity contribution is 1.06. The predicted molar refractivity (Wildman–Crippen MR) is 48.0 cm³/mol. The van der Waals surface area contributed by atoms with Gasteiger partial charge in [-0.2, -0.15) is 5.26 Å². The number of nitriles is 1. The second-order valence-corrected chi connectivity index (χ2v) is 2.58. The molecule has 0 spiro atoms. The number of rotatable bonds is 3. The minimum absolute atomic E-state index is 0.451. The molecule has 1 aromatic heterocycles. The predicted octanol–water partition coefficient (Wildman–Crippen LogP) is 2.06. The molecule has 1 rings (SSSR count). The van der Waals surface area contributed by atoms with Crippen molar-refractivity contribution >= 4 is 17.4 Å². The van der Waals surface area contributed by atoms with E-state index in [1.807, 2.05) is 6.07 Å². The lowest BCUT2D eigenvalue weighted by Crippen LogP contribution is -2.02. The van der Waals surface area contributed by atoms with Crippen LogP contribution in [0.2, 0.25) is 5.02 Å². The SMILES string of the molecule is N#CCCNc1ncccc1Cl. The van der Waals surface area contributed by atoms with Crippen molar-refractivity contribution in [2.75, 3.05) is 11.9 Å². The average Bonchev–Trinajstić information content (AvgIpc) is 2.09. The van der Waals surface area contributed by atoms with Crippen molar-refractivity contribution in [1.82, 2.24) is 4.98 Å². The molecule has 4 heteroatoms. The third kappa shape index (κ3) is 2.40. The Balaban J connectivity index is 2.53. The van der Waals surface area contributed by atoms with Crippen LogP contribution >= 0.6 is 11.6 Å². The zero-order valence-corrected chi connectivity index (χ0v) is 7.17. The number of hydrogen-bond acceptors (Lipinski definition) is 3. The summed E-state index contributed by atoms with van der Waals surface area (Å²) in [4.78, 5) is 4.00. The summed E-state index contributed by atoms with van der Waals surface area (Å²) in [6, 6.07) is 5.54. The average molecular weight is 182 g/mol. The molecule has 1 heterocycles. The second-order valence-electron chi connectivity index (χ2n) is 2.17. The van der Waals surface area contributed by atoms with Gasteiger partial charge in [-0.05, 0) is 12.1 Å². The fraction of sp³-hybridized carbons (Fsp3) is 0.250. The van der Waals surface area contributed by atoms with Crippen LogP contribution in [0.15, 0.2) is 18.3 Å². The second kappa shape index (κ2) is 4.58. The topological polar surface area (TPSA) is 48.7 Å². The standard InChI is InChI=1S/C8H8ClN3/c9-7-3-1-5-11-8(7)12-6-2-4-10/h1,3,5H,2,6H2,(H,11,12). The fourth-order valence-electron chi connectivity index (χ4n) is 0.753. The summed E-state index contributed by atoms with van der Waals surface area (Å²) < 4.78 is 0. The van der Waals surface area contributed by atoms with Gasteiger partial charge in [0.05, 0.1) is 17.5 Å². The van der Waals surface area contributed by atoms with Crippen LogP contribution in [0.4, 0.5) is 5.82 Å². The van der Waals surface area contributed by atoms with Crippen LogP contribution in [0.5, 0.6) is 0 Å². The van der Waals surface area contributed by atoms with E-state index in [9.17, 15) is 0 Å². The van der Waals surface area contributed by atoms with Gasteiger partial charge in [-0.3, -0.25) is 0 Å². The number of aromatic nitrogens is 1. The van der Waals surface area contributed by atoms with E-state index in [1.165, 1.54) is 0 Å². The zero-order valence-electron chi connectivity index (χ0n) is 6.42. The van der Waals surface area contributed by atoms with E-state index in [4.69, 9.17) is 16.9 Å². The molecule has 0 aliphatic heterocycles. The molecule has 62 valence electrons. The lowest BCUT2D eigenvalue weighted by Gasteiger charge is -2.03. The van der Waals surface area contributed by atoms with Gasteiger partial charge >= 0.3 is 0 Å². The highest BCUT2D eigenvalue weighted by atomic mass is 35.5. The molecule has 12 heavy (non-hydrogen) atoms. The molecule has 0 saturated carbocycles. The number of hydrogen-bond donors (Lipinski definition) is 1. The van der Waals surface area contributed by atoms with Crippen LogP contribution in [-0.2, 0) is 0 Å². The first-order valence-electron chi connectivity index (χ1n) is 3.56. The number of pyridine rings is 1. The molecule has 0 atom stereocenters. The molecular formula is C8H8ClN3. The highest BCUT2D eigenvalue weighted by Crippen LogP contribution is 2.16. The minimum atomic E-state index is 0.451. The Morgan fingerprint density at radius 3 is 3.17 bits per heavy atom. The Bertz CT molecular complexity index is 293. The molecule has 0 amide bonds. The summed E-state index contributed by atoms with van der Waals surface area (Å²) in [5.41, 5.74) is 0. The van der Waals surface area contributed by atoms with Gasteiger partial charge in [-0.25, -0.2) is 4.98 Å². The first kappa shape index (κ1) is 8.82. The normalized spacial score (nSPS) is 9.00. The molecule has 0 aliphatic carbocycles. The summed E-state index contributed by atoms with van der Waals surface area (Å²) in [6.07, 6.45) is 2.10. The van der Waals surface area contributed by atoms with Crippen molar-refractivity contribution in [3.05, 3.63) is 23.4 Å². The van der Waals surface area contributed by atoms with Crippen LogP contribution in [0.3, 0.4) is 0 Å². The molecule has 0 saturated heterocycles. The quantitative estimate of drug-likeness (QED) is 0.727. The number of halogens is 1. The van der Waals surface area contributed by atoms with Crippen molar-refractivity contribution in [2.24, 2.45) is 0 Å². The maximum atomic E-state index is 8.27. The van der Waals surface area contributed by atoms with Crippen molar-refractivity contribution in [2.45, 2.75) is 6.42 Å². The molecule has 0 aromatic carbocycles. The maximum absolute atomic E-state index is 8.27. The van der Waals surface area contributed by atoms with Gasteiger partial charge < -0.3 is 5.32 Å². The van der Waals surface area contributed by atoms with E-state index < -0.39 is 0 Å². The summed E-state index contributed by atoms with van der Waals surface area (Å²) in [6.45, 7) is 0.577. The number of anilines is 1. The summed E-state index contributed by atoms with van der Waals surface area (Å²) in [7, 11) is 0. The van der Waals surface area contributed by atoms with Crippen molar-refractivity contribution < 1.29 is 0 Å². The first-order valence-corrected chi connectivity index (χ1v) is 3.93. The Kier molecular flexibility index (Phi) is 3.36. The van der Waals surface area contributed by atoms with Gasteiger partial charge in [0, 0.05) is 12.7 Å². The molecule has 0 aliphatic rings. The van der Waals surface area contributed by atoms with Gasteiger partial charge in [0.15, 0.2) is 0 Å². The summed E-state index contributed by atoms with van der Waals surface area (Å²) >= 11 is 5.80. The molecule has 1 N–H and O–H groups in total. The van der Waals surface area contributed by atoms with Crippen molar-refractivity contribution in [1.29, 1.82) is 5.26 Å². The fourth-order valence-corrected chi connectivity index (χ4v) is 0.941. The monoisotopic (exact) mass is 181 g/mol. The van der Waals surface area contributed by atoms with Crippen LogP contribution < -0.4 is 5.32 Å². The molecule has 3 nitrogen and oxygen atoms in total. The molecule has 0 unspecified atom stereocenters. The molecule has 0 radical (unpaired) electrons. The Morgan fingerprint density at radius 1 is 1.67 bits per heavy atom. The van der Waals surface area contributed by atoms with Crippen molar-refractivity contribution in [3.8, 4) is 6.07 Å². The van der Waals surface area contributed by atoms with E-state index in [0.29, 0.717) is 23.8 Å². The van der Waals surface area contributed by atoms with Crippen LogP contribution in [0.25, 0.3) is 0 Å².